The molecule has 3 aromatic rings. The molecule has 2 unspecified atom stereocenters. The van der Waals surface area contributed by atoms with Gasteiger partial charge < -0.3 is 9.47 Å². The molecule has 2 nitrogen and oxygen atoms in total. The van der Waals surface area contributed by atoms with Crippen LogP contribution in [0.1, 0.15) is 37.0 Å². The third-order valence-electron chi connectivity index (χ3n) is 6.05. The molecular weight excluding hydrogens is 425 g/mol. The van der Waals surface area contributed by atoms with Gasteiger partial charge in [-0.25, -0.2) is 13.2 Å². The fourth-order valence-corrected chi connectivity index (χ4v) is 4.07. The Bertz CT molecular complexity index is 1130. The fourth-order valence-electron chi connectivity index (χ4n) is 4.07. The maximum absolute atomic E-state index is 14.9. The summed E-state index contributed by atoms with van der Waals surface area (Å²) in [5.41, 5.74) is 3.07. The molecule has 0 spiro atoms. The number of halogens is 3. The van der Waals surface area contributed by atoms with Crippen LogP contribution in [-0.2, 0) is 9.47 Å². The number of hydrogen-bond donors (Lipinski definition) is 0. The number of rotatable bonds is 6. The van der Waals surface area contributed by atoms with Crippen molar-refractivity contribution < 1.29 is 22.6 Å². The molecular formula is C28H27F3O2. The highest BCUT2D eigenvalue weighted by Gasteiger charge is 2.25. The van der Waals surface area contributed by atoms with Crippen molar-refractivity contribution in [2.45, 2.75) is 38.9 Å². The van der Waals surface area contributed by atoms with Gasteiger partial charge in [-0.3, -0.25) is 0 Å². The Kier molecular flexibility index (Phi) is 7.31. The van der Waals surface area contributed by atoms with Crippen molar-refractivity contribution >= 4 is 0 Å². The number of hydrogen-bond acceptors (Lipinski definition) is 2. The summed E-state index contributed by atoms with van der Waals surface area (Å²) in [4.78, 5) is 0. The van der Waals surface area contributed by atoms with Gasteiger partial charge in [-0.2, -0.15) is 0 Å². The van der Waals surface area contributed by atoms with Crippen molar-refractivity contribution in [3.05, 3.63) is 95.3 Å². The van der Waals surface area contributed by atoms with E-state index in [0.717, 1.165) is 12.0 Å². The van der Waals surface area contributed by atoms with E-state index in [4.69, 9.17) is 9.47 Å². The van der Waals surface area contributed by atoms with Gasteiger partial charge in [-0.1, -0.05) is 60.7 Å². The molecule has 1 aliphatic rings. The van der Waals surface area contributed by atoms with Gasteiger partial charge in [0.1, 0.15) is 5.82 Å². The van der Waals surface area contributed by atoms with Crippen LogP contribution in [0, 0.1) is 24.4 Å². The molecule has 4 rings (SSSR count). The van der Waals surface area contributed by atoms with Crippen LogP contribution in [0.15, 0.2) is 66.7 Å². The second-order valence-electron chi connectivity index (χ2n) is 8.30. The summed E-state index contributed by atoms with van der Waals surface area (Å²) in [5.74, 6) is -2.02. The lowest BCUT2D eigenvalue weighted by atomic mass is 9.95. The molecule has 0 radical (unpaired) electrons. The quantitative estimate of drug-likeness (QED) is 0.359. The zero-order valence-electron chi connectivity index (χ0n) is 18.8. The van der Waals surface area contributed by atoms with Crippen LogP contribution in [0.5, 0.6) is 0 Å². The van der Waals surface area contributed by atoms with Crippen molar-refractivity contribution in [3.8, 4) is 22.3 Å². The van der Waals surface area contributed by atoms with Gasteiger partial charge in [-0.15, -0.1) is 0 Å². The van der Waals surface area contributed by atoms with E-state index in [2.05, 4.69) is 0 Å². The van der Waals surface area contributed by atoms with E-state index in [1.807, 2.05) is 25.1 Å². The van der Waals surface area contributed by atoms with Crippen LogP contribution in [0.25, 0.3) is 22.3 Å². The minimum atomic E-state index is -0.861. The first-order chi connectivity index (χ1) is 16.0. The molecule has 1 aliphatic heterocycles. The van der Waals surface area contributed by atoms with Crippen LogP contribution in [0.3, 0.4) is 0 Å². The normalized spacial score (nSPS) is 18.7. The zero-order valence-corrected chi connectivity index (χ0v) is 18.8. The Hall–Kier alpha value is -2.89. The monoisotopic (exact) mass is 452 g/mol. The van der Waals surface area contributed by atoms with E-state index in [1.165, 1.54) is 13.0 Å². The SMILES string of the molecule is C/C=C/COC1CCC(c2ccc(-c3ccc(-c4ccc(C)c(F)c4F)cc3)cc2F)OC1. The maximum Gasteiger partial charge on any atom is 0.166 e. The van der Waals surface area contributed by atoms with Crippen LogP contribution >= 0.6 is 0 Å². The number of allylic oxidation sites excluding steroid dienone is 1. The minimum absolute atomic E-state index is 0.0325. The molecule has 1 saturated heterocycles. The minimum Gasteiger partial charge on any atom is -0.372 e. The summed E-state index contributed by atoms with van der Waals surface area (Å²) >= 11 is 0. The van der Waals surface area contributed by atoms with E-state index < -0.39 is 11.6 Å². The van der Waals surface area contributed by atoms with Crippen molar-refractivity contribution in [1.29, 1.82) is 0 Å². The zero-order chi connectivity index (χ0) is 23.4. The highest BCUT2D eigenvalue weighted by molar-refractivity contribution is 5.71. The molecule has 0 aliphatic carbocycles. The smallest absolute Gasteiger partial charge is 0.166 e. The number of aryl methyl sites for hydroxylation is 1. The van der Waals surface area contributed by atoms with E-state index in [0.29, 0.717) is 36.3 Å². The first kappa shape index (κ1) is 23.3. The molecule has 172 valence electrons. The third kappa shape index (κ3) is 5.21. The molecule has 0 amide bonds. The van der Waals surface area contributed by atoms with E-state index in [1.54, 1.807) is 42.5 Å². The topological polar surface area (TPSA) is 18.5 Å². The van der Waals surface area contributed by atoms with Gasteiger partial charge in [0, 0.05) is 11.1 Å². The van der Waals surface area contributed by atoms with Crippen LogP contribution in [0.2, 0.25) is 0 Å². The molecule has 3 aromatic carbocycles. The van der Waals surface area contributed by atoms with Crippen LogP contribution in [-0.4, -0.2) is 19.3 Å². The lowest BCUT2D eigenvalue weighted by Crippen LogP contribution is -2.28. The average molecular weight is 453 g/mol. The molecule has 0 N–H and O–H groups in total. The summed E-state index contributed by atoms with van der Waals surface area (Å²) in [7, 11) is 0. The Morgan fingerprint density at radius 2 is 1.64 bits per heavy atom. The fraction of sp³-hybridized carbons (Fsp3) is 0.286. The number of benzene rings is 3. The van der Waals surface area contributed by atoms with Crippen molar-refractivity contribution in [2.24, 2.45) is 0 Å². The van der Waals surface area contributed by atoms with Crippen molar-refractivity contribution in [3.63, 3.8) is 0 Å². The van der Waals surface area contributed by atoms with E-state index in [-0.39, 0.29) is 29.2 Å². The van der Waals surface area contributed by atoms with Crippen molar-refractivity contribution in [2.75, 3.05) is 13.2 Å². The highest BCUT2D eigenvalue weighted by Crippen LogP contribution is 2.34. The Balaban J connectivity index is 1.46. The largest absolute Gasteiger partial charge is 0.372 e. The lowest BCUT2D eigenvalue weighted by Gasteiger charge is -2.29. The first-order valence-electron chi connectivity index (χ1n) is 11.2. The van der Waals surface area contributed by atoms with E-state index in [9.17, 15) is 13.2 Å². The molecule has 33 heavy (non-hydrogen) atoms. The lowest BCUT2D eigenvalue weighted by molar-refractivity contribution is -0.0816. The third-order valence-corrected chi connectivity index (χ3v) is 6.05. The summed E-state index contributed by atoms with van der Waals surface area (Å²) in [5, 5.41) is 0. The molecule has 1 fully saturated rings. The molecule has 2 atom stereocenters. The standard InChI is InChI=1S/C28H27F3O2/c1-3-4-15-32-22-11-14-26(33-17-22)24-13-10-21(16-25(24)29)19-6-8-20(9-7-19)23-12-5-18(2)27(30)28(23)31/h3-10,12-13,16,22,26H,11,14-15,17H2,1-2H3/b4-3+. The van der Waals surface area contributed by atoms with Gasteiger partial charge in [0.2, 0.25) is 0 Å². The predicted molar refractivity (Wildman–Crippen MR) is 124 cm³/mol. The second-order valence-corrected chi connectivity index (χ2v) is 8.30. The Labute approximate surface area is 192 Å². The van der Waals surface area contributed by atoms with Gasteiger partial charge >= 0.3 is 0 Å². The molecule has 1 heterocycles. The summed E-state index contributed by atoms with van der Waals surface area (Å²) in [6.45, 7) is 4.48. The second kappa shape index (κ2) is 10.4. The molecule has 5 heteroatoms. The van der Waals surface area contributed by atoms with Crippen LogP contribution in [0.4, 0.5) is 13.2 Å². The Morgan fingerprint density at radius 1 is 0.909 bits per heavy atom. The predicted octanol–water partition coefficient (Wildman–Crippen LogP) is 7.56. The molecule has 0 saturated carbocycles. The van der Waals surface area contributed by atoms with E-state index >= 15 is 0 Å². The molecule has 0 aromatic heterocycles. The summed E-state index contributed by atoms with van der Waals surface area (Å²) in [6.07, 6.45) is 5.16. The maximum atomic E-state index is 14.9. The highest BCUT2D eigenvalue weighted by atomic mass is 19.2. The van der Waals surface area contributed by atoms with Crippen LogP contribution < -0.4 is 0 Å². The average Bonchev–Trinajstić information content (AvgIpc) is 2.83. The summed E-state index contributed by atoms with van der Waals surface area (Å²) in [6, 6.07) is 15.2. The first-order valence-corrected chi connectivity index (χ1v) is 11.2. The van der Waals surface area contributed by atoms with Gasteiger partial charge in [0.25, 0.3) is 0 Å². The van der Waals surface area contributed by atoms with Gasteiger partial charge in [0.15, 0.2) is 11.6 Å². The van der Waals surface area contributed by atoms with Gasteiger partial charge in [-0.05, 0) is 55.0 Å². The summed E-state index contributed by atoms with van der Waals surface area (Å²) < 4.78 is 54.7. The van der Waals surface area contributed by atoms with Gasteiger partial charge in [0.05, 0.1) is 25.4 Å². The number of ether oxygens (including phenoxy) is 2. The Morgan fingerprint density at radius 3 is 2.30 bits per heavy atom. The van der Waals surface area contributed by atoms with Crippen molar-refractivity contribution in [1.82, 2.24) is 0 Å². The molecule has 0 bridgehead atoms.